The second-order valence-corrected chi connectivity index (χ2v) is 6.97. The normalized spacial score (nSPS) is 43.1. The molecule has 3 aliphatic rings. The van der Waals surface area contributed by atoms with Gasteiger partial charge in [0.05, 0.1) is 6.07 Å². The van der Waals surface area contributed by atoms with Gasteiger partial charge in [-0.05, 0) is 63.5 Å². The Hall–Kier alpha value is -0.590. The third-order valence-corrected chi connectivity index (χ3v) is 5.97. The number of fused-ring (bicyclic) bond motifs is 1. The quantitative estimate of drug-likeness (QED) is 0.849. The summed E-state index contributed by atoms with van der Waals surface area (Å²) in [6.45, 7) is 2.46. The third kappa shape index (κ3) is 2.53. The Morgan fingerprint density at radius 1 is 1.16 bits per heavy atom. The van der Waals surface area contributed by atoms with Gasteiger partial charge in [-0.15, -0.1) is 0 Å². The molecule has 0 aromatic rings. The first-order valence-corrected chi connectivity index (χ1v) is 8.17. The molecule has 0 spiro atoms. The Labute approximate surface area is 117 Å². The van der Waals surface area contributed by atoms with E-state index in [4.69, 9.17) is 5.73 Å². The van der Waals surface area contributed by atoms with Crippen LogP contribution in [0.2, 0.25) is 0 Å². The van der Waals surface area contributed by atoms with E-state index >= 15 is 0 Å². The fourth-order valence-electron chi connectivity index (χ4n) is 4.75. The molecule has 0 bridgehead atoms. The number of likely N-dealkylation sites (tertiary alicyclic amines) is 1. The summed E-state index contributed by atoms with van der Waals surface area (Å²) in [6, 6.07) is 3.23. The van der Waals surface area contributed by atoms with E-state index in [9.17, 15) is 5.26 Å². The molecule has 1 saturated heterocycles. The van der Waals surface area contributed by atoms with Crippen LogP contribution in [0.15, 0.2) is 0 Å². The Morgan fingerprint density at radius 3 is 2.84 bits per heavy atom. The molecule has 0 aromatic heterocycles. The molecule has 4 atom stereocenters. The SMILES string of the molecule is N#CC1(N)CCCC1CCN1CCC2CCCCC21. The maximum atomic E-state index is 9.29. The molecule has 2 aliphatic carbocycles. The minimum absolute atomic E-state index is 0.431. The second-order valence-electron chi connectivity index (χ2n) is 6.97. The number of nitrogens with two attached hydrogens (primary N) is 1. The van der Waals surface area contributed by atoms with Crippen LogP contribution in [0.25, 0.3) is 0 Å². The Morgan fingerprint density at radius 2 is 2.00 bits per heavy atom. The van der Waals surface area contributed by atoms with E-state index in [1.807, 2.05) is 0 Å². The van der Waals surface area contributed by atoms with Gasteiger partial charge in [-0.2, -0.15) is 5.26 Å². The average Bonchev–Trinajstić information content (AvgIpc) is 3.01. The first kappa shape index (κ1) is 13.4. The van der Waals surface area contributed by atoms with Crippen LogP contribution in [0.4, 0.5) is 0 Å². The zero-order chi connectivity index (χ0) is 13.3. The Balaban J connectivity index is 1.54. The molecule has 0 amide bonds. The largest absolute Gasteiger partial charge is 0.313 e. The van der Waals surface area contributed by atoms with E-state index in [1.165, 1.54) is 45.2 Å². The number of nitrogens with zero attached hydrogens (tertiary/aromatic N) is 2. The average molecular weight is 261 g/mol. The molecule has 2 saturated carbocycles. The monoisotopic (exact) mass is 261 g/mol. The highest BCUT2D eigenvalue weighted by atomic mass is 15.2. The van der Waals surface area contributed by atoms with Crippen LogP contribution in [0.5, 0.6) is 0 Å². The lowest BCUT2D eigenvalue weighted by Gasteiger charge is -2.33. The minimum Gasteiger partial charge on any atom is -0.313 e. The molecule has 0 radical (unpaired) electrons. The summed E-state index contributed by atoms with van der Waals surface area (Å²) >= 11 is 0. The van der Waals surface area contributed by atoms with Crippen molar-refractivity contribution in [1.29, 1.82) is 5.26 Å². The topological polar surface area (TPSA) is 53.1 Å². The highest BCUT2D eigenvalue weighted by Gasteiger charge is 2.41. The van der Waals surface area contributed by atoms with Crippen molar-refractivity contribution in [3.63, 3.8) is 0 Å². The standard InChI is InChI=1S/C16H27N3/c17-12-16(18)9-3-5-14(16)8-11-19-10-7-13-4-1-2-6-15(13)19/h13-15H,1-11,18H2. The summed E-state index contributed by atoms with van der Waals surface area (Å²) in [6.07, 6.45) is 11.4. The fourth-order valence-corrected chi connectivity index (χ4v) is 4.75. The number of rotatable bonds is 3. The van der Waals surface area contributed by atoms with Crippen molar-refractivity contribution in [3.8, 4) is 6.07 Å². The van der Waals surface area contributed by atoms with Crippen molar-refractivity contribution in [2.45, 2.75) is 69.4 Å². The van der Waals surface area contributed by atoms with E-state index in [2.05, 4.69) is 11.0 Å². The summed E-state index contributed by atoms with van der Waals surface area (Å²) in [5.41, 5.74) is 5.72. The number of hydrogen-bond acceptors (Lipinski definition) is 3. The van der Waals surface area contributed by atoms with Crippen LogP contribution in [0.1, 0.15) is 57.8 Å². The van der Waals surface area contributed by atoms with Gasteiger partial charge >= 0.3 is 0 Å². The molecular formula is C16H27N3. The van der Waals surface area contributed by atoms with Gasteiger partial charge in [-0.25, -0.2) is 0 Å². The molecule has 3 fully saturated rings. The van der Waals surface area contributed by atoms with Crippen molar-refractivity contribution in [3.05, 3.63) is 0 Å². The second kappa shape index (κ2) is 5.42. The lowest BCUT2D eigenvalue weighted by Crippen LogP contribution is -2.44. The molecule has 106 valence electrons. The molecule has 2 N–H and O–H groups in total. The highest BCUT2D eigenvalue weighted by molar-refractivity contribution is 5.12. The predicted molar refractivity (Wildman–Crippen MR) is 76.4 cm³/mol. The molecule has 1 aliphatic heterocycles. The van der Waals surface area contributed by atoms with Crippen LogP contribution in [0, 0.1) is 23.2 Å². The molecule has 4 unspecified atom stereocenters. The predicted octanol–water partition coefficient (Wildman–Crippen LogP) is 2.66. The molecule has 1 heterocycles. The molecule has 3 heteroatoms. The molecule has 0 aromatic carbocycles. The fraction of sp³-hybridized carbons (Fsp3) is 0.938. The summed E-state index contributed by atoms with van der Waals surface area (Å²) in [5.74, 6) is 1.40. The van der Waals surface area contributed by atoms with Crippen molar-refractivity contribution in [2.75, 3.05) is 13.1 Å². The summed E-state index contributed by atoms with van der Waals surface area (Å²) in [4.78, 5) is 2.71. The van der Waals surface area contributed by atoms with E-state index in [-0.39, 0.29) is 0 Å². The molecule has 19 heavy (non-hydrogen) atoms. The van der Waals surface area contributed by atoms with Gasteiger partial charge < -0.3 is 10.6 Å². The third-order valence-electron chi connectivity index (χ3n) is 5.97. The number of hydrogen-bond donors (Lipinski definition) is 1. The van der Waals surface area contributed by atoms with Crippen molar-refractivity contribution < 1.29 is 0 Å². The van der Waals surface area contributed by atoms with E-state index in [0.29, 0.717) is 5.92 Å². The van der Waals surface area contributed by atoms with E-state index < -0.39 is 5.54 Å². The van der Waals surface area contributed by atoms with E-state index in [1.54, 1.807) is 0 Å². The lowest BCUT2D eigenvalue weighted by molar-refractivity contribution is 0.168. The Kier molecular flexibility index (Phi) is 3.82. The Bertz CT molecular complexity index is 361. The summed E-state index contributed by atoms with van der Waals surface area (Å²) in [7, 11) is 0. The van der Waals surface area contributed by atoms with E-state index in [0.717, 1.165) is 37.6 Å². The molecule has 3 rings (SSSR count). The van der Waals surface area contributed by atoms with Crippen molar-refractivity contribution in [1.82, 2.24) is 4.90 Å². The van der Waals surface area contributed by atoms with Gasteiger partial charge in [0.2, 0.25) is 0 Å². The van der Waals surface area contributed by atoms with Crippen LogP contribution >= 0.6 is 0 Å². The lowest BCUT2D eigenvalue weighted by atomic mass is 9.84. The number of nitriles is 1. The van der Waals surface area contributed by atoms with Gasteiger partial charge in [-0.1, -0.05) is 19.3 Å². The van der Waals surface area contributed by atoms with Gasteiger partial charge in [-0.3, -0.25) is 0 Å². The zero-order valence-electron chi connectivity index (χ0n) is 12.0. The maximum absolute atomic E-state index is 9.29. The van der Waals surface area contributed by atoms with Gasteiger partial charge in [0.1, 0.15) is 5.54 Å². The van der Waals surface area contributed by atoms with Crippen LogP contribution in [0.3, 0.4) is 0 Å². The molecule has 3 nitrogen and oxygen atoms in total. The van der Waals surface area contributed by atoms with Gasteiger partial charge in [0.15, 0.2) is 0 Å². The highest BCUT2D eigenvalue weighted by Crippen LogP contribution is 2.39. The molecular weight excluding hydrogens is 234 g/mol. The van der Waals surface area contributed by atoms with Gasteiger partial charge in [0, 0.05) is 6.04 Å². The summed E-state index contributed by atoms with van der Waals surface area (Å²) in [5, 5.41) is 9.29. The summed E-state index contributed by atoms with van der Waals surface area (Å²) < 4.78 is 0. The van der Waals surface area contributed by atoms with Crippen molar-refractivity contribution in [2.24, 2.45) is 17.6 Å². The van der Waals surface area contributed by atoms with Crippen LogP contribution in [-0.4, -0.2) is 29.6 Å². The zero-order valence-corrected chi connectivity index (χ0v) is 12.0. The van der Waals surface area contributed by atoms with Crippen molar-refractivity contribution >= 4 is 0 Å². The first-order chi connectivity index (χ1) is 9.23. The van der Waals surface area contributed by atoms with Crippen LogP contribution in [-0.2, 0) is 0 Å². The smallest absolute Gasteiger partial charge is 0.107 e. The maximum Gasteiger partial charge on any atom is 0.107 e. The minimum atomic E-state index is -0.522. The van der Waals surface area contributed by atoms with Gasteiger partial charge in [0.25, 0.3) is 0 Å². The van der Waals surface area contributed by atoms with Crippen LogP contribution < -0.4 is 5.73 Å². The first-order valence-electron chi connectivity index (χ1n) is 8.17.